The molecular weight excluding hydrogens is 334 g/mol. The molecule has 0 fully saturated rings. The van der Waals surface area contributed by atoms with Crippen LogP contribution in [0.3, 0.4) is 0 Å². The van der Waals surface area contributed by atoms with Crippen molar-refractivity contribution in [3.63, 3.8) is 0 Å². The molecule has 0 unspecified atom stereocenters. The second-order valence-electron chi connectivity index (χ2n) is 5.01. The van der Waals surface area contributed by atoms with Crippen molar-refractivity contribution in [3.8, 4) is 17.2 Å². The van der Waals surface area contributed by atoms with Crippen molar-refractivity contribution in [1.29, 1.82) is 0 Å². The van der Waals surface area contributed by atoms with Crippen LogP contribution in [0, 0.1) is 17.0 Å². The van der Waals surface area contributed by atoms with Gasteiger partial charge >= 0.3 is 5.69 Å². The molecule has 0 radical (unpaired) electrons. The number of nitrogens with zero attached hydrogens (tertiary/aromatic N) is 3. The number of benzene rings is 2. The van der Waals surface area contributed by atoms with Gasteiger partial charge in [-0.3, -0.25) is 10.1 Å². The highest BCUT2D eigenvalue weighted by atomic mass is 35.5. The van der Waals surface area contributed by atoms with Crippen LogP contribution in [-0.4, -0.2) is 15.1 Å². The van der Waals surface area contributed by atoms with E-state index in [2.05, 4.69) is 10.1 Å². The maximum Gasteiger partial charge on any atom is 0.311 e. The van der Waals surface area contributed by atoms with Crippen LogP contribution in [0.4, 0.5) is 5.69 Å². The third kappa shape index (κ3) is 3.36. The fourth-order valence-electron chi connectivity index (χ4n) is 2.09. The Morgan fingerprint density at radius 1 is 1.29 bits per heavy atom. The minimum atomic E-state index is -0.492. The Morgan fingerprint density at radius 2 is 2.08 bits per heavy atom. The summed E-state index contributed by atoms with van der Waals surface area (Å²) in [6, 6.07) is 11.8. The van der Waals surface area contributed by atoms with Crippen molar-refractivity contribution < 1.29 is 14.2 Å². The molecule has 0 amide bonds. The van der Waals surface area contributed by atoms with Crippen LogP contribution in [0.1, 0.15) is 11.4 Å². The summed E-state index contributed by atoms with van der Waals surface area (Å²) in [5.74, 6) is 0.673. The monoisotopic (exact) mass is 345 g/mol. The van der Waals surface area contributed by atoms with Gasteiger partial charge in [0.15, 0.2) is 12.4 Å². The first-order valence-electron chi connectivity index (χ1n) is 7.00. The van der Waals surface area contributed by atoms with E-state index in [0.717, 1.165) is 5.56 Å². The number of aromatic nitrogens is 2. The largest absolute Gasteiger partial charge is 0.478 e. The van der Waals surface area contributed by atoms with Crippen LogP contribution in [0.5, 0.6) is 5.75 Å². The van der Waals surface area contributed by atoms with Crippen molar-refractivity contribution >= 4 is 17.3 Å². The first-order chi connectivity index (χ1) is 11.5. The molecule has 0 aliphatic heterocycles. The molecule has 8 heteroatoms. The zero-order chi connectivity index (χ0) is 17.1. The van der Waals surface area contributed by atoms with E-state index in [1.165, 1.54) is 6.07 Å². The molecule has 1 aromatic heterocycles. The quantitative estimate of drug-likeness (QED) is 0.508. The average Bonchev–Trinajstić information content (AvgIpc) is 3.02. The summed E-state index contributed by atoms with van der Waals surface area (Å²) < 4.78 is 10.6. The minimum Gasteiger partial charge on any atom is -0.478 e. The maximum atomic E-state index is 11.1. The van der Waals surface area contributed by atoms with Gasteiger partial charge < -0.3 is 9.26 Å². The minimum absolute atomic E-state index is 0.0577. The van der Waals surface area contributed by atoms with Crippen LogP contribution >= 0.6 is 11.6 Å². The molecule has 0 aliphatic carbocycles. The van der Waals surface area contributed by atoms with Crippen molar-refractivity contribution in [2.45, 2.75) is 13.5 Å². The average molecular weight is 346 g/mol. The Balaban J connectivity index is 1.77. The number of hydrogen-bond donors (Lipinski definition) is 0. The molecule has 0 N–H and O–H groups in total. The number of nitro groups is 1. The van der Waals surface area contributed by atoms with Gasteiger partial charge in [0.05, 0.1) is 15.5 Å². The number of nitro benzene ring substituents is 1. The summed E-state index contributed by atoms with van der Waals surface area (Å²) in [4.78, 5) is 14.8. The third-order valence-corrected chi connectivity index (χ3v) is 3.57. The van der Waals surface area contributed by atoms with Gasteiger partial charge in [-0.25, -0.2) is 0 Å². The van der Waals surface area contributed by atoms with E-state index < -0.39 is 4.92 Å². The van der Waals surface area contributed by atoms with E-state index in [-0.39, 0.29) is 29.8 Å². The summed E-state index contributed by atoms with van der Waals surface area (Å²) in [5, 5.41) is 15.4. The normalized spacial score (nSPS) is 10.6. The predicted octanol–water partition coefficient (Wildman–Crippen LogP) is 4.19. The highest BCUT2D eigenvalue weighted by Crippen LogP contribution is 2.29. The maximum absolute atomic E-state index is 11.1. The molecule has 3 aromatic rings. The summed E-state index contributed by atoms with van der Waals surface area (Å²) >= 11 is 6.08. The lowest BCUT2D eigenvalue weighted by atomic mass is 10.2. The van der Waals surface area contributed by atoms with Gasteiger partial charge in [0, 0.05) is 6.07 Å². The Bertz CT molecular complexity index is 895. The van der Waals surface area contributed by atoms with Crippen LogP contribution in [0.2, 0.25) is 5.02 Å². The Hall–Kier alpha value is -2.93. The van der Waals surface area contributed by atoms with E-state index in [1.807, 2.05) is 0 Å². The van der Waals surface area contributed by atoms with Crippen molar-refractivity contribution in [2.24, 2.45) is 0 Å². The molecule has 24 heavy (non-hydrogen) atoms. The van der Waals surface area contributed by atoms with Gasteiger partial charge in [0.1, 0.15) is 0 Å². The van der Waals surface area contributed by atoms with Gasteiger partial charge in [-0.05, 0) is 30.7 Å². The van der Waals surface area contributed by atoms with E-state index >= 15 is 0 Å². The van der Waals surface area contributed by atoms with Crippen molar-refractivity contribution in [1.82, 2.24) is 10.1 Å². The molecule has 0 aliphatic rings. The van der Waals surface area contributed by atoms with Crippen LogP contribution in [0.15, 0.2) is 47.0 Å². The van der Waals surface area contributed by atoms with Gasteiger partial charge in [0.2, 0.25) is 5.82 Å². The smallest absolute Gasteiger partial charge is 0.311 e. The Morgan fingerprint density at radius 3 is 2.83 bits per heavy atom. The molecule has 0 saturated heterocycles. The first-order valence-corrected chi connectivity index (χ1v) is 7.37. The number of ether oxygens (including phenoxy) is 1. The summed E-state index contributed by atoms with van der Waals surface area (Å²) in [6.07, 6.45) is 0. The molecule has 0 bridgehead atoms. The van der Waals surface area contributed by atoms with Crippen LogP contribution < -0.4 is 4.74 Å². The molecule has 2 aromatic carbocycles. The zero-order valence-electron chi connectivity index (χ0n) is 12.6. The highest BCUT2D eigenvalue weighted by Gasteiger charge is 2.17. The summed E-state index contributed by atoms with van der Waals surface area (Å²) in [6.45, 7) is 1.71. The molecule has 0 saturated carbocycles. The summed E-state index contributed by atoms with van der Waals surface area (Å²) in [5.41, 5.74) is 1.28. The highest BCUT2D eigenvalue weighted by molar-refractivity contribution is 6.33. The number of aryl methyl sites for hydroxylation is 1. The lowest BCUT2D eigenvalue weighted by molar-refractivity contribution is -0.386. The zero-order valence-corrected chi connectivity index (χ0v) is 13.4. The molecular formula is C16H12ClN3O4. The number of rotatable bonds is 5. The van der Waals surface area contributed by atoms with Gasteiger partial charge in [-0.2, -0.15) is 4.98 Å². The second-order valence-corrected chi connectivity index (χ2v) is 5.42. The second kappa shape index (κ2) is 6.67. The lowest BCUT2D eigenvalue weighted by Gasteiger charge is -2.04. The Kier molecular flexibility index (Phi) is 4.43. The van der Waals surface area contributed by atoms with Crippen molar-refractivity contribution in [3.05, 3.63) is 69.0 Å². The van der Waals surface area contributed by atoms with Crippen LogP contribution in [-0.2, 0) is 6.61 Å². The standard InChI is InChI=1S/C16H12ClN3O4/c1-10-6-7-14(13(8-10)20(21)22)23-9-15-18-16(24-19-15)11-4-2-3-5-12(11)17/h2-8H,9H2,1H3. The van der Waals surface area contributed by atoms with E-state index in [0.29, 0.717) is 10.6 Å². The molecule has 3 rings (SSSR count). The predicted molar refractivity (Wildman–Crippen MR) is 86.9 cm³/mol. The van der Waals surface area contributed by atoms with E-state index in [4.69, 9.17) is 20.9 Å². The first kappa shape index (κ1) is 15.9. The molecule has 0 spiro atoms. The topological polar surface area (TPSA) is 91.3 Å². The Labute approximate surface area is 142 Å². The number of hydrogen-bond acceptors (Lipinski definition) is 6. The fourth-order valence-corrected chi connectivity index (χ4v) is 2.31. The van der Waals surface area contributed by atoms with Crippen molar-refractivity contribution in [2.75, 3.05) is 0 Å². The fraction of sp³-hybridized carbons (Fsp3) is 0.125. The van der Waals surface area contributed by atoms with Gasteiger partial charge in [0.25, 0.3) is 5.89 Å². The summed E-state index contributed by atoms with van der Waals surface area (Å²) in [7, 11) is 0. The molecule has 0 atom stereocenters. The molecule has 7 nitrogen and oxygen atoms in total. The van der Waals surface area contributed by atoms with E-state index in [9.17, 15) is 10.1 Å². The van der Waals surface area contributed by atoms with Gasteiger partial charge in [-0.15, -0.1) is 0 Å². The van der Waals surface area contributed by atoms with Gasteiger partial charge in [-0.1, -0.05) is 35.0 Å². The molecule has 1 heterocycles. The van der Waals surface area contributed by atoms with Crippen LogP contribution in [0.25, 0.3) is 11.5 Å². The third-order valence-electron chi connectivity index (χ3n) is 3.24. The molecule has 122 valence electrons. The lowest BCUT2D eigenvalue weighted by Crippen LogP contribution is -2.01. The number of halogens is 1. The van der Waals surface area contributed by atoms with E-state index in [1.54, 1.807) is 43.3 Å². The SMILES string of the molecule is Cc1ccc(OCc2noc(-c3ccccc3Cl)n2)c([N+](=O)[O-])c1.